The van der Waals surface area contributed by atoms with Gasteiger partial charge in [-0.1, -0.05) is 6.42 Å². The fourth-order valence-corrected chi connectivity index (χ4v) is 5.06. The fourth-order valence-electron chi connectivity index (χ4n) is 5.06. The Kier molecular flexibility index (Phi) is 5.68. The summed E-state index contributed by atoms with van der Waals surface area (Å²) in [5, 5.41) is 7.26. The molecule has 2 atom stereocenters. The first-order chi connectivity index (χ1) is 13.5. The molecule has 4 rings (SSSR count). The van der Waals surface area contributed by atoms with Crippen LogP contribution in [0.5, 0.6) is 0 Å². The van der Waals surface area contributed by atoms with Gasteiger partial charge in [0.05, 0.1) is 11.9 Å². The minimum Gasteiger partial charge on any atom is -0.339 e. The highest BCUT2D eigenvalue weighted by atomic mass is 16.2. The van der Waals surface area contributed by atoms with Crippen molar-refractivity contribution in [2.45, 2.75) is 44.7 Å². The number of amides is 2. The number of hydrogen-bond donors (Lipinski definition) is 2. The summed E-state index contributed by atoms with van der Waals surface area (Å²) in [5.74, 6) is 1.13. The minimum atomic E-state index is 0.0328. The summed E-state index contributed by atoms with van der Waals surface area (Å²) in [6, 6.07) is 0.265. The lowest BCUT2D eigenvalue weighted by Gasteiger charge is -2.43. The molecule has 2 heterocycles. The van der Waals surface area contributed by atoms with E-state index in [1.807, 2.05) is 4.90 Å². The zero-order valence-corrected chi connectivity index (χ0v) is 16.7. The van der Waals surface area contributed by atoms with Gasteiger partial charge in [-0.05, 0) is 44.6 Å². The number of hydrogen-bond acceptors (Lipinski definition) is 5. The van der Waals surface area contributed by atoms with E-state index >= 15 is 0 Å². The van der Waals surface area contributed by atoms with Crippen molar-refractivity contribution in [1.29, 1.82) is 0 Å². The number of carbonyl (C=O) groups excluding carboxylic acids is 2. The van der Waals surface area contributed by atoms with Crippen molar-refractivity contribution in [1.82, 2.24) is 19.6 Å². The molecule has 0 aromatic carbocycles. The molecular formula is C20H32N6O2. The van der Waals surface area contributed by atoms with Crippen LogP contribution in [0.3, 0.4) is 0 Å². The van der Waals surface area contributed by atoms with Gasteiger partial charge in [-0.3, -0.25) is 14.3 Å². The zero-order chi connectivity index (χ0) is 19.7. The molecule has 3 aliphatic rings. The molecule has 2 aliphatic carbocycles. The highest BCUT2D eigenvalue weighted by molar-refractivity contribution is 5.92. The number of rotatable bonds is 4. The van der Waals surface area contributed by atoms with Gasteiger partial charge in [0, 0.05) is 44.3 Å². The molecule has 3 fully saturated rings. The lowest BCUT2D eigenvalue weighted by atomic mass is 9.65. The predicted octanol–water partition coefficient (Wildman–Crippen LogP) is 0.749. The number of aromatic nitrogens is 2. The maximum Gasteiger partial charge on any atom is 0.244 e. The van der Waals surface area contributed by atoms with Crippen LogP contribution in [0.25, 0.3) is 0 Å². The molecule has 8 nitrogen and oxygen atoms in total. The van der Waals surface area contributed by atoms with E-state index in [0.29, 0.717) is 17.5 Å². The monoisotopic (exact) mass is 388 g/mol. The van der Waals surface area contributed by atoms with E-state index in [9.17, 15) is 9.59 Å². The van der Waals surface area contributed by atoms with Crippen LogP contribution >= 0.6 is 0 Å². The van der Waals surface area contributed by atoms with Gasteiger partial charge in [-0.15, -0.1) is 0 Å². The summed E-state index contributed by atoms with van der Waals surface area (Å²) in [6.07, 6.45) is 8.69. The van der Waals surface area contributed by atoms with Crippen molar-refractivity contribution in [3.05, 3.63) is 12.4 Å². The Morgan fingerprint density at radius 1 is 1.18 bits per heavy atom. The molecule has 154 valence electrons. The van der Waals surface area contributed by atoms with Crippen LogP contribution in [0.2, 0.25) is 0 Å². The van der Waals surface area contributed by atoms with E-state index < -0.39 is 0 Å². The van der Waals surface area contributed by atoms with Crippen LogP contribution in [-0.4, -0.2) is 70.7 Å². The van der Waals surface area contributed by atoms with E-state index in [0.717, 1.165) is 51.9 Å². The number of carbonyl (C=O) groups is 2. The molecule has 2 amide bonds. The molecule has 1 aromatic heterocycles. The third-order valence-electron chi connectivity index (χ3n) is 6.84. The predicted molar refractivity (Wildman–Crippen MR) is 106 cm³/mol. The molecule has 1 saturated heterocycles. The van der Waals surface area contributed by atoms with Gasteiger partial charge in [0.2, 0.25) is 11.8 Å². The average molecular weight is 389 g/mol. The zero-order valence-electron chi connectivity index (χ0n) is 16.7. The van der Waals surface area contributed by atoms with Crippen LogP contribution in [-0.2, 0) is 16.1 Å². The molecule has 8 heteroatoms. The third kappa shape index (κ3) is 4.22. The molecule has 2 unspecified atom stereocenters. The second kappa shape index (κ2) is 8.21. The van der Waals surface area contributed by atoms with Gasteiger partial charge in [0.1, 0.15) is 6.54 Å². The Morgan fingerprint density at radius 2 is 1.86 bits per heavy atom. The topological polar surface area (TPSA) is 96.5 Å². The van der Waals surface area contributed by atoms with E-state index in [2.05, 4.69) is 22.4 Å². The Hall–Kier alpha value is -1.93. The molecule has 1 aromatic rings. The van der Waals surface area contributed by atoms with Gasteiger partial charge in [-0.2, -0.15) is 5.10 Å². The quantitative estimate of drug-likeness (QED) is 0.793. The first-order valence-electron chi connectivity index (χ1n) is 10.5. The lowest BCUT2D eigenvalue weighted by molar-refractivity contribution is -0.133. The van der Waals surface area contributed by atoms with E-state index in [1.165, 1.54) is 6.42 Å². The maximum absolute atomic E-state index is 12.7. The fraction of sp³-hybridized carbons (Fsp3) is 0.750. The Morgan fingerprint density at radius 3 is 2.54 bits per heavy atom. The van der Waals surface area contributed by atoms with Crippen molar-refractivity contribution in [3.8, 4) is 0 Å². The van der Waals surface area contributed by atoms with Gasteiger partial charge >= 0.3 is 0 Å². The van der Waals surface area contributed by atoms with Crippen LogP contribution in [0.1, 0.15) is 32.1 Å². The number of nitrogens with two attached hydrogens (primary N) is 1. The van der Waals surface area contributed by atoms with E-state index in [1.54, 1.807) is 17.1 Å². The average Bonchev–Trinajstić information content (AvgIpc) is 3.08. The third-order valence-corrected chi connectivity index (χ3v) is 6.84. The van der Waals surface area contributed by atoms with E-state index in [4.69, 9.17) is 5.73 Å². The first kappa shape index (κ1) is 19.4. The molecule has 0 radical (unpaired) electrons. The summed E-state index contributed by atoms with van der Waals surface area (Å²) < 4.78 is 1.61. The number of nitrogens with one attached hydrogen (secondary N) is 1. The highest BCUT2D eigenvalue weighted by Gasteiger charge is 2.40. The van der Waals surface area contributed by atoms with Gasteiger partial charge in [0.25, 0.3) is 0 Å². The van der Waals surface area contributed by atoms with Crippen LogP contribution in [0, 0.1) is 17.8 Å². The molecular weight excluding hydrogens is 356 g/mol. The Balaban J connectivity index is 1.30. The van der Waals surface area contributed by atoms with Crippen molar-refractivity contribution < 1.29 is 9.59 Å². The number of piperazine rings is 1. The van der Waals surface area contributed by atoms with Crippen LogP contribution in [0.15, 0.2) is 12.4 Å². The molecule has 2 bridgehead atoms. The molecule has 2 saturated carbocycles. The number of likely N-dealkylation sites (N-methyl/N-ethyl adjacent to an activating group) is 1. The standard InChI is InChI=1S/C20H32N6O2/c1-24-5-7-25(8-6-24)18(27)13-26-12-17(11-22-26)23-20(28)16-9-14-3-2-4-15(10-16)19(14)21/h11-12,14-16,19H,2-10,13,21H2,1H3,(H,23,28). The minimum absolute atomic E-state index is 0.0328. The molecule has 3 N–H and O–H groups in total. The molecule has 1 aliphatic heterocycles. The number of nitrogens with zero attached hydrogens (tertiary/aromatic N) is 4. The summed E-state index contributed by atoms with van der Waals surface area (Å²) >= 11 is 0. The largest absolute Gasteiger partial charge is 0.339 e. The summed E-state index contributed by atoms with van der Waals surface area (Å²) in [5.41, 5.74) is 7.00. The molecule has 0 spiro atoms. The first-order valence-corrected chi connectivity index (χ1v) is 10.5. The summed E-state index contributed by atoms with van der Waals surface area (Å²) in [7, 11) is 2.07. The van der Waals surface area contributed by atoms with Crippen molar-refractivity contribution in [2.24, 2.45) is 23.5 Å². The van der Waals surface area contributed by atoms with Crippen molar-refractivity contribution in [2.75, 3.05) is 38.5 Å². The van der Waals surface area contributed by atoms with E-state index in [-0.39, 0.29) is 30.3 Å². The Bertz CT molecular complexity index is 697. The van der Waals surface area contributed by atoms with Gasteiger partial charge < -0.3 is 20.9 Å². The van der Waals surface area contributed by atoms with Crippen LogP contribution in [0.4, 0.5) is 5.69 Å². The number of fused-ring (bicyclic) bond motifs is 2. The highest BCUT2D eigenvalue weighted by Crippen LogP contribution is 2.42. The second-order valence-corrected chi connectivity index (χ2v) is 8.80. The lowest BCUT2D eigenvalue weighted by Crippen LogP contribution is -2.48. The van der Waals surface area contributed by atoms with Crippen LogP contribution < -0.4 is 11.1 Å². The SMILES string of the molecule is CN1CCN(C(=O)Cn2cc(NC(=O)C3CC4CCCC(C3)C4N)cn2)CC1. The van der Waals surface area contributed by atoms with Crippen molar-refractivity contribution in [3.63, 3.8) is 0 Å². The summed E-state index contributed by atoms with van der Waals surface area (Å²) in [6.45, 7) is 3.53. The smallest absolute Gasteiger partial charge is 0.244 e. The van der Waals surface area contributed by atoms with Gasteiger partial charge in [-0.25, -0.2) is 0 Å². The Labute approximate surface area is 166 Å². The van der Waals surface area contributed by atoms with Crippen molar-refractivity contribution >= 4 is 17.5 Å². The number of anilines is 1. The normalized spacial score (nSPS) is 30.9. The second-order valence-electron chi connectivity index (χ2n) is 8.80. The summed E-state index contributed by atoms with van der Waals surface area (Å²) in [4.78, 5) is 29.3. The molecule has 28 heavy (non-hydrogen) atoms. The maximum atomic E-state index is 12.7. The van der Waals surface area contributed by atoms with Gasteiger partial charge in [0.15, 0.2) is 0 Å².